The lowest BCUT2D eigenvalue weighted by molar-refractivity contribution is -0.137. The molecule has 0 bridgehead atoms. The summed E-state index contributed by atoms with van der Waals surface area (Å²) >= 11 is 0. The van der Waals surface area contributed by atoms with E-state index in [1.54, 1.807) is 24.5 Å². The van der Waals surface area contributed by atoms with Crippen LogP contribution < -0.4 is 5.73 Å². The second-order valence-electron chi connectivity index (χ2n) is 2.48. The summed E-state index contributed by atoms with van der Waals surface area (Å²) in [5.41, 5.74) is 6.39. The molecule has 1 heterocycles. The number of carbonyl (C=O) groups is 1. The molecule has 0 amide bonds. The average Bonchev–Trinajstić information content (AvgIpc) is 2.05. The van der Waals surface area contributed by atoms with E-state index in [1.807, 2.05) is 0 Å². The van der Waals surface area contributed by atoms with Crippen molar-refractivity contribution in [1.82, 2.24) is 4.98 Å². The van der Waals surface area contributed by atoms with E-state index in [0.29, 0.717) is 0 Å². The maximum absolute atomic E-state index is 10.3. The van der Waals surface area contributed by atoms with Crippen molar-refractivity contribution in [1.29, 1.82) is 0 Å². The number of hydrogen-bond acceptors (Lipinski definition) is 3. The summed E-state index contributed by atoms with van der Waals surface area (Å²) in [7, 11) is 0. The summed E-state index contributed by atoms with van der Waals surface area (Å²) in [6, 6.07) is 2.99. The van der Waals surface area contributed by atoms with Crippen LogP contribution in [-0.4, -0.2) is 16.1 Å². The van der Waals surface area contributed by atoms with Crippen LogP contribution in [0, 0.1) is 0 Å². The lowest BCUT2D eigenvalue weighted by Gasteiger charge is -2.07. The third kappa shape index (κ3) is 2.32. The van der Waals surface area contributed by atoms with Gasteiger partial charge < -0.3 is 10.8 Å². The Morgan fingerprint density at radius 1 is 1.58 bits per heavy atom. The third-order valence-electron chi connectivity index (χ3n) is 1.53. The molecule has 0 aromatic carbocycles. The quantitative estimate of drug-likeness (QED) is 0.687. The van der Waals surface area contributed by atoms with Crippen molar-refractivity contribution >= 4 is 5.97 Å². The van der Waals surface area contributed by atoms with Crippen molar-refractivity contribution in [2.45, 2.75) is 12.5 Å². The van der Waals surface area contributed by atoms with Gasteiger partial charge in [0.25, 0.3) is 0 Å². The number of rotatable bonds is 3. The van der Waals surface area contributed by atoms with Crippen LogP contribution in [0.4, 0.5) is 0 Å². The van der Waals surface area contributed by atoms with Gasteiger partial charge >= 0.3 is 5.97 Å². The number of nitrogens with two attached hydrogens (primary N) is 1. The predicted molar refractivity (Wildman–Crippen MR) is 43.4 cm³/mol. The van der Waals surface area contributed by atoms with Gasteiger partial charge in [0.15, 0.2) is 0 Å². The highest BCUT2D eigenvalue weighted by molar-refractivity contribution is 5.67. The minimum atomic E-state index is -0.890. The Bertz CT molecular complexity index is 261. The molecule has 1 aromatic rings. The summed E-state index contributed by atoms with van der Waals surface area (Å²) in [5.74, 6) is -0.890. The Kier molecular flexibility index (Phi) is 2.76. The molecule has 0 aliphatic heterocycles. The molecular formula is C8H10N2O2. The number of pyridine rings is 1. The Labute approximate surface area is 70.0 Å². The zero-order valence-corrected chi connectivity index (χ0v) is 6.47. The van der Waals surface area contributed by atoms with Gasteiger partial charge in [0.2, 0.25) is 0 Å². The van der Waals surface area contributed by atoms with Crippen LogP contribution >= 0.6 is 0 Å². The fraction of sp³-hybridized carbons (Fsp3) is 0.250. The standard InChI is InChI=1S/C8H10N2O2/c9-7(5-8(11)12)6-1-3-10-4-2-6/h1-4,7H,5,9H2,(H,11,12)/t7-/m1/s1. The predicted octanol–water partition coefficient (Wildman–Crippen LogP) is 0.556. The van der Waals surface area contributed by atoms with Crippen molar-refractivity contribution in [3.63, 3.8) is 0 Å². The lowest BCUT2D eigenvalue weighted by atomic mass is 10.1. The zero-order valence-electron chi connectivity index (χ0n) is 6.47. The Morgan fingerprint density at radius 2 is 2.17 bits per heavy atom. The fourth-order valence-corrected chi connectivity index (χ4v) is 0.917. The Balaban J connectivity index is 2.65. The molecule has 3 N–H and O–H groups in total. The molecule has 1 rings (SSSR count). The van der Waals surface area contributed by atoms with Crippen molar-refractivity contribution in [2.24, 2.45) is 5.73 Å². The van der Waals surface area contributed by atoms with Crippen molar-refractivity contribution in [3.8, 4) is 0 Å². The molecule has 64 valence electrons. The molecule has 0 spiro atoms. The molecule has 1 atom stereocenters. The Hall–Kier alpha value is -1.42. The normalized spacial score (nSPS) is 12.4. The van der Waals surface area contributed by atoms with Gasteiger partial charge in [0.05, 0.1) is 6.42 Å². The third-order valence-corrected chi connectivity index (χ3v) is 1.53. The zero-order chi connectivity index (χ0) is 8.97. The number of aromatic nitrogens is 1. The summed E-state index contributed by atoms with van der Waals surface area (Å²) < 4.78 is 0. The van der Waals surface area contributed by atoms with Crippen molar-refractivity contribution in [2.75, 3.05) is 0 Å². The Morgan fingerprint density at radius 3 is 2.67 bits per heavy atom. The summed E-state index contributed by atoms with van der Waals surface area (Å²) in [4.78, 5) is 14.1. The molecule has 0 fully saturated rings. The molecule has 12 heavy (non-hydrogen) atoms. The van der Waals surface area contributed by atoms with Crippen molar-refractivity contribution in [3.05, 3.63) is 30.1 Å². The lowest BCUT2D eigenvalue weighted by Crippen LogP contribution is -2.14. The van der Waals surface area contributed by atoms with E-state index in [2.05, 4.69) is 4.98 Å². The molecule has 0 radical (unpaired) electrons. The van der Waals surface area contributed by atoms with Gasteiger partial charge in [0.1, 0.15) is 0 Å². The molecular weight excluding hydrogens is 156 g/mol. The summed E-state index contributed by atoms with van der Waals surface area (Å²) in [6.07, 6.45) is 3.14. The minimum absolute atomic E-state index is 0.0516. The molecule has 4 heteroatoms. The second kappa shape index (κ2) is 3.82. The second-order valence-corrected chi connectivity index (χ2v) is 2.48. The first-order chi connectivity index (χ1) is 5.70. The van der Waals surface area contributed by atoms with E-state index in [9.17, 15) is 4.79 Å². The minimum Gasteiger partial charge on any atom is -0.481 e. The number of carboxylic acid groups (broad SMARTS) is 1. The molecule has 0 saturated carbocycles. The maximum atomic E-state index is 10.3. The van der Waals surface area contributed by atoms with Crippen LogP contribution in [0.5, 0.6) is 0 Å². The smallest absolute Gasteiger partial charge is 0.305 e. The van der Waals surface area contributed by atoms with Crippen LogP contribution in [0.25, 0.3) is 0 Å². The van der Waals surface area contributed by atoms with Gasteiger partial charge in [0, 0.05) is 18.4 Å². The molecule has 0 unspecified atom stereocenters. The molecule has 0 aliphatic rings. The largest absolute Gasteiger partial charge is 0.481 e. The van der Waals surface area contributed by atoms with Gasteiger partial charge in [-0.3, -0.25) is 9.78 Å². The monoisotopic (exact) mass is 166 g/mol. The molecule has 0 saturated heterocycles. The topological polar surface area (TPSA) is 76.2 Å². The highest BCUT2D eigenvalue weighted by Crippen LogP contribution is 2.11. The fourth-order valence-electron chi connectivity index (χ4n) is 0.917. The van der Waals surface area contributed by atoms with Crippen LogP contribution in [0.15, 0.2) is 24.5 Å². The van der Waals surface area contributed by atoms with E-state index in [0.717, 1.165) is 5.56 Å². The van der Waals surface area contributed by atoms with Crippen LogP contribution in [0.2, 0.25) is 0 Å². The van der Waals surface area contributed by atoms with Crippen LogP contribution in [0.3, 0.4) is 0 Å². The van der Waals surface area contributed by atoms with E-state index in [1.165, 1.54) is 0 Å². The van der Waals surface area contributed by atoms with Gasteiger partial charge in [-0.1, -0.05) is 0 Å². The SMILES string of the molecule is N[C@H](CC(=O)O)c1ccncc1. The van der Waals surface area contributed by atoms with Crippen LogP contribution in [-0.2, 0) is 4.79 Å². The molecule has 1 aromatic heterocycles. The first-order valence-electron chi connectivity index (χ1n) is 3.57. The first kappa shape index (κ1) is 8.67. The van der Waals surface area contributed by atoms with Gasteiger partial charge in [-0.25, -0.2) is 0 Å². The van der Waals surface area contributed by atoms with Gasteiger partial charge in [-0.2, -0.15) is 0 Å². The molecule has 4 nitrogen and oxygen atoms in total. The van der Waals surface area contributed by atoms with Crippen molar-refractivity contribution < 1.29 is 9.90 Å². The highest BCUT2D eigenvalue weighted by Gasteiger charge is 2.09. The van der Waals surface area contributed by atoms with E-state index >= 15 is 0 Å². The van der Waals surface area contributed by atoms with Gasteiger partial charge in [-0.15, -0.1) is 0 Å². The summed E-state index contributed by atoms with van der Waals surface area (Å²) in [5, 5.41) is 8.45. The highest BCUT2D eigenvalue weighted by atomic mass is 16.4. The number of hydrogen-bond donors (Lipinski definition) is 2. The summed E-state index contributed by atoms with van der Waals surface area (Å²) in [6.45, 7) is 0. The number of aliphatic carboxylic acids is 1. The number of carboxylic acids is 1. The molecule has 0 aliphatic carbocycles. The van der Waals surface area contributed by atoms with E-state index in [-0.39, 0.29) is 6.42 Å². The average molecular weight is 166 g/mol. The first-order valence-corrected chi connectivity index (χ1v) is 3.57. The number of nitrogens with zero attached hydrogens (tertiary/aromatic N) is 1. The van der Waals surface area contributed by atoms with Crippen LogP contribution in [0.1, 0.15) is 18.0 Å². The maximum Gasteiger partial charge on any atom is 0.305 e. The van der Waals surface area contributed by atoms with E-state index in [4.69, 9.17) is 10.8 Å². The van der Waals surface area contributed by atoms with Gasteiger partial charge in [-0.05, 0) is 17.7 Å². The van der Waals surface area contributed by atoms with E-state index < -0.39 is 12.0 Å².